The minimum atomic E-state index is -0.0812. The number of methoxy groups -OCH3 is 1. The molecule has 0 aliphatic heterocycles. The van der Waals surface area contributed by atoms with Crippen molar-refractivity contribution in [2.45, 2.75) is 13.8 Å². The molecule has 0 aliphatic carbocycles. The van der Waals surface area contributed by atoms with Gasteiger partial charge in [-0.2, -0.15) is 0 Å². The Morgan fingerprint density at radius 2 is 1.95 bits per heavy atom. The molecule has 0 fully saturated rings. The number of rotatable bonds is 4. The molecule has 0 aliphatic rings. The lowest BCUT2D eigenvalue weighted by atomic mass is 10.0. The van der Waals surface area contributed by atoms with Crippen LogP contribution in [0.2, 0.25) is 0 Å². The number of hydrogen-bond donors (Lipinski definition) is 1. The number of carbonyl (C=O) groups is 1. The Morgan fingerprint density at radius 3 is 2.63 bits per heavy atom. The molecule has 1 N–H and O–H groups in total. The fraction of sp³-hybridized carbons (Fsp3) is 0.312. The van der Waals surface area contributed by atoms with Crippen LogP contribution in [0, 0.1) is 5.92 Å². The highest BCUT2D eigenvalue weighted by Gasteiger charge is 2.15. The molecule has 0 saturated heterocycles. The maximum Gasteiger partial charge on any atom is 0.255 e. The van der Waals surface area contributed by atoms with Crippen LogP contribution in [0.1, 0.15) is 24.2 Å². The topological polar surface area (TPSA) is 38.3 Å². The minimum Gasteiger partial charge on any atom is -0.496 e. The standard InChI is InChI=1S/C16H19NO2/c1-11(2)10-17-16(18)15-13-7-5-4-6-12(13)8-9-14(15)19-3/h4-9,11H,10H2,1-3H3,(H,17,18). The zero-order valence-electron chi connectivity index (χ0n) is 11.6. The number of benzene rings is 2. The fourth-order valence-electron chi connectivity index (χ4n) is 2.04. The SMILES string of the molecule is COc1ccc2ccccc2c1C(=O)NCC(C)C. The zero-order chi connectivity index (χ0) is 13.8. The van der Waals surface area contributed by atoms with Crippen molar-refractivity contribution in [3.05, 3.63) is 42.0 Å². The summed E-state index contributed by atoms with van der Waals surface area (Å²) in [6.45, 7) is 4.80. The van der Waals surface area contributed by atoms with E-state index in [2.05, 4.69) is 19.2 Å². The van der Waals surface area contributed by atoms with E-state index in [0.717, 1.165) is 10.8 Å². The summed E-state index contributed by atoms with van der Waals surface area (Å²) in [5.74, 6) is 0.951. The van der Waals surface area contributed by atoms with Crippen LogP contribution in [0.15, 0.2) is 36.4 Å². The molecule has 0 aromatic heterocycles. The number of fused-ring (bicyclic) bond motifs is 1. The van der Waals surface area contributed by atoms with E-state index in [1.165, 1.54) is 0 Å². The lowest BCUT2D eigenvalue weighted by Gasteiger charge is -2.13. The summed E-state index contributed by atoms with van der Waals surface area (Å²) in [5, 5.41) is 4.91. The summed E-state index contributed by atoms with van der Waals surface area (Å²) in [6, 6.07) is 11.6. The van der Waals surface area contributed by atoms with Gasteiger partial charge in [0.1, 0.15) is 5.75 Å². The molecule has 19 heavy (non-hydrogen) atoms. The molecule has 3 heteroatoms. The van der Waals surface area contributed by atoms with Crippen molar-refractivity contribution in [3.63, 3.8) is 0 Å². The van der Waals surface area contributed by atoms with Crippen LogP contribution in [0.5, 0.6) is 5.75 Å². The van der Waals surface area contributed by atoms with Gasteiger partial charge in [-0.3, -0.25) is 4.79 Å². The van der Waals surface area contributed by atoms with E-state index in [1.807, 2.05) is 36.4 Å². The predicted molar refractivity (Wildman–Crippen MR) is 77.7 cm³/mol. The fourth-order valence-corrected chi connectivity index (χ4v) is 2.04. The first-order chi connectivity index (χ1) is 9.13. The summed E-state index contributed by atoms with van der Waals surface area (Å²) in [7, 11) is 1.59. The molecule has 0 unspecified atom stereocenters. The average Bonchev–Trinajstić information content (AvgIpc) is 2.43. The first-order valence-corrected chi connectivity index (χ1v) is 6.47. The Labute approximate surface area is 113 Å². The summed E-state index contributed by atoms with van der Waals surface area (Å²) < 4.78 is 5.32. The second-order valence-corrected chi connectivity index (χ2v) is 4.97. The summed E-state index contributed by atoms with van der Waals surface area (Å²) in [5.41, 5.74) is 0.612. The van der Waals surface area contributed by atoms with Crippen molar-refractivity contribution in [1.82, 2.24) is 5.32 Å². The molecule has 2 aromatic rings. The Kier molecular flexibility index (Phi) is 4.05. The summed E-state index contributed by atoms with van der Waals surface area (Å²) >= 11 is 0. The van der Waals surface area contributed by atoms with Crippen molar-refractivity contribution in [2.75, 3.05) is 13.7 Å². The van der Waals surface area contributed by atoms with Crippen molar-refractivity contribution in [2.24, 2.45) is 5.92 Å². The van der Waals surface area contributed by atoms with Gasteiger partial charge in [-0.15, -0.1) is 0 Å². The zero-order valence-corrected chi connectivity index (χ0v) is 11.6. The third-order valence-electron chi connectivity index (χ3n) is 3.01. The van der Waals surface area contributed by atoms with Gasteiger partial charge in [0.2, 0.25) is 0 Å². The van der Waals surface area contributed by atoms with Crippen molar-refractivity contribution < 1.29 is 9.53 Å². The van der Waals surface area contributed by atoms with Gasteiger partial charge in [-0.05, 0) is 22.8 Å². The maximum absolute atomic E-state index is 12.4. The molecule has 0 radical (unpaired) electrons. The predicted octanol–water partition coefficient (Wildman–Crippen LogP) is 3.23. The second kappa shape index (κ2) is 5.74. The second-order valence-electron chi connectivity index (χ2n) is 4.97. The van der Waals surface area contributed by atoms with E-state index < -0.39 is 0 Å². The molecule has 2 rings (SSSR count). The highest BCUT2D eigenvalue weighted by atomic mass is 16.5. The molecular formula is C16H19NO2. The van der Waals surface area contributed by atoms with E-state index >= 15 is 0 Å². The highest BCUT2D eigenvalue weighted by Crippen LogP contribution is 2.27. The number of carbonyl (C=O) groups excluding carboxylic acids is 1. The van der Waals surface area contributed by atoms with Crippen LogP contribution in [0.25, 0.3) is 10.8 Å². The van der Waals surface area contributed by atoms with E-state index in [4.69, 9.17) is 4.74 Å². The molecule has 2 aromatic carbocycles. The van der Waals surface area contributed by atoms with Gasteiger partial charge in [0.15, 0.2) is 0 Å². The lowest BCUT2D eigenvalue weighted by molar-refractivity contribution is 0.0948. The molecule has 100 valence electrons. The monoisotopic (exact) mass is 257 g/mol. The lowest BCUT2D eigenvalue weighted by Crippen LogP contribution is -2.27. The summed E-state index contributed by atoms with van der Waals surface area (Å²) in [6.07, 6.45) is 0. The molecule has 0 saturated carbocycles. The molecule has 3 nitrogen and oxygen atoms in total. The Balaban J connectivity index is 2.46. The van der Waals surface area contributed by atoms with Crippen LogP contribution in [-0.4, -0.2) is 19.6 Å². The van der Waals surface area contributed by atoms with Crippen LogP contribution < -0.4 is 10.1 Å². The Hall–Kier alpha value is -2.03. The average molecular weight is 257 g/mol. The van der Waals surface area contributed by atoms with Crippen LogP contribution in [-0.2, 0) is 0 Å². The third kappa shape index (κ3) is 2.87. The van der Waals surface area contributed by atoms with Crippen LogP contribution >= 0.6 is 0 Å². The van der Waals surface area contributed by atoms with Gasteiger partial charge in [0.05, 0.1) is 12.7 Å². The first kappa shape index (κ1) is 13.4. The number of hydrogen-bond acceptors (Lipinski definition) is 2. The summed E-state index contributed by atoms with van der Waals surface area (Å²) in [4.78, 5) is 12.4. The van der Waals surface area contributed by atoms with Gasteiger partial charge < -0.3 is 10.1 Å². The van der Waals surface area contributed by atoms with Crippen molar-refractivity contribution in [1.29, 1.82) is 0 Å². The quantitative estimate of drug-likeness (QED) is 0.913. The molecule has 0 atom stereocenters. The first-order valence-electron chi connectivity index (χ1n) is 6.47. The van der Waals surface area contributed by atoms with E-state index in [9.17, 15) is 4.79 Å². The Morgan fingerprint density at radius 1 is 1.21 bits per heavy atom. The smallest absolute Gasteiger partial charge is 0.255 e. The van der Waals surface area contributed by atoms with Gasteiger partial charge in [0, 0.05) is 6.54 Å². The van der Waals surface area contributed by atoms with Gasteiger partial charge in [-0.25, -0.2) is 0 Å². The van der Waals surface area contributed by atoms with Crippen molar-refractivity contribution in [3.8, 4) is 5.75 Å². The third-order valence-corrected chi connectivity index (χ3v) is 3.01. The van der Waals surface area contributed by atoms with Gasteiger partial charge in [0.25, 0.3) is 5.91 Å². The Bertz CT molecular complexity index is 590. The van der Waals surface area contributed by atoms with Crippen LogP contribution in [0.4, 0.5) is 0 Å². The van der Waals surface area contributed by atoms with Crippen LogP contribution in [0.3, 0.4) is 0 Å². The molecular weight excluding hydrogens is 238 g/mol. The van der Waals surface area contributed by atoms with E-state index in [0.29, 0.717) is 23.8 Å². The normalized spacial score (nSPS) is 10.7. The van der Waals surface area contributed by atoms with Gasteiger partial charge in [-0.1, -0.05) is 44.2 Å². The number of ether oxygens (including phenoxy) is 1. The molecule has 0 heterocycles. The van der Waals surface area contributed by atoms with Gasteiger partial charge >= 0.3 is 0 Å². The number of amides is 1. The largest absolute Gasteiger partial charge is 0.496 e. The molecule has 0 spiro atoms. The van der Waals surface area contributed by atoms with Crippen molar-refractivity contribution >= 4 is 16.7 Å². The number of nitrogens with one attached hydrogen (secondary N) is 1. The highest BCUT2D eigenvalue weighted by molar-refractivity contribution is 6.09. The molecule has 1 amide bonds. The van der Waals surface area contributed by atoms with E-state index in [-0.39, 0.29) is 5.91 Å². The maximum atomic E-state index is 12.4. The molecule has 0 bridgehead atoms. The minimum absolute atomic E-state index is 0.0812. The van der Waals surface area contributed by atoms with E-state index in [1.54, 1.807) is 7.11 Å².